The number of fused-ring (bicyclic) bond motifs is 1. The fourth-order valence-corrected chi connectivity index (χ4v) is 3.65. The smallest absolute Gasteiger partial charge is 0.134 e. The van der Waals surface area contributed by atoms with Crippen LogP contribution in [0.25, 0.3) is 0 Å². The maximum Gasteiger partial charge on any atom is 0.134 e. The average Bonchev–Trinajstić information content (AvgIpc) is 2.91. The van der Waals surface area contributed by atoms with Gasteiger partial charge in [0.2, 0.25) is 0 Å². The first-order valence-corrected chi connectivity index (χ1v) is 8.74. The molecule has 1 aliphatic heterocycles. The molecule has 0 saturated heterocycles. The Labute approximate surface area is 144 Å². The predicted molar refractivity (Wildman–Crippen MR) is 95.8 cm³/mol. The molecule has 0 radical (unpaired) electrons. The van der Waals surface area contributed by atoms with Crippen molar-refractivity contribution < 1.29 is 14.6 Å². The lowest BCUT2D eigenvalue weighted by Gasteiger charge is -2.35. The molecule has 3 unspecified atom stereocenters. The molecule has 4 heteroatoms. The molecule has 132 valence electrons. The summed E-state index contributed by atoms with van der Waals surface area (Å²) in [6.07, 6.45) is 6.73. The molecule has 1 aromatic carbocycles. The van der Waals surface area contributed by atoms with Crippen LogP contribution in [0.1, 0.15) is 48.9 Å². The van der Waals surface area contributed by atoms with Crippen molar-refractivity contribution in [2.75, 3.05) is 6.61 Å². The number of hydrogen-bond acceptors (Lipinski definition) is 4. The minimum atomic E-state index is -0.408. The second kappa shape index (κ2) is 5.78. The molecule has 0 spiro atoms. The Kier molecular flexibility index (Phi) is 4.17. The Morgan fingerprint density at radius 3 is 2.58 bits per heavy atom. The van der Waals surface area contributed by atoms with Gasteiger partial charge in [0.1, 0.15) is 17.1 Å². The van der Waals surface area contributed by atoms with Gasteiger partial charge in [-0.05, 0) is 64.2 Å². The molecule has 0 saturated carbocycles. The highest BCUT2D eigenvalue weighted by atomic mass is 16.6. The molecular formula is C20H29NO3. The number of ether oxygens (including phenoxy) is 2. The third-order valence-corrected chi connectivity index (χ3v) is 5.62. The molecule has 1 heterocycles. The van der Waals surface area contributed by atoms with Crippen LogP contribution in [0, 0.1) is 20.8 Å². The molecular weight excluding hydrogens is 302 g/mol. The van der Waals surface area contributed by atoms with E-state index < -0.39 is 5.60 Å². The Hall–Kier alpha value is -1.52. The summed E-state index contributed by atoms with van der Waals surface area (Å²) in [5.74, 6) is 1.30. The number of phenols is 1. The first-order valence-electron chi connectivity index (χ1n) is 8.74. The van der Waals surface area contributed by atoms with Gasteiger partial charge in [-0.25, -0.2) is 0 Å². The van der Waals surface area contributed by atoms with Crippen molar-refractivity contribution in [2.24, 2.45) is 5.73 Å². The molecule has 3 atom stereocenters. The second-order valence-electron chi connectivity index (χ2n) is 7.92. The summed E-state index contributed by atoms with van der Waals surface area (Å²) < 4.78 is 12.6. The fraction of sp³-hybridized carbons (Fsp3) is 0.600. The van der Waals surface area contributed by atoms with Crippen molar-refractivity contribution >= 4 is 0 Å². The molecule has 0 bridgehead atoms. The van der Waals surface area contributed by atoms with Gasteiger partial charge in [0.05, 0.1) is 12.2 Å². The number of rotatable bonds is 3. The Bertz CT molecular complexity index is 658. The zero-order valence-electron chi connectivity index (χ0n) is 15.4. The molecule has 0 fully saturated rings. The van der Waals surface area contributed by atoms with Gasteiger partial charge in [0.15, 0.2) is 0 Å². The zero-order chi connectivity index (χ0) is 17.7. The molecule has 1 aromatic rings. The average molecular weight is 331 g/mol. The maximum absolute atomic E-state index is 10.3. The van der Waals surface area contributed by atoms with E-state index in [-0.39, 0.29) is 11.6 Å². The Morgan fingerprint density at radius 2 is 1.96 bits per heavy atom. The lowest BCUT2D eigenvalue weighted by Crippen LogP contribution is -2.42. The summed E-state index contributed by atoms with van der Waals surface area (Å²) in [6, 6.07) is 0.139. The summed E-state index contributed by atoms with van der Waals surface area (Å²) in [6.45, 7) is 10.6. The summed E-state index contributed by atoms with van der Waals surface area (Å²) >= 11 is 0. The topological polar surface area (TPSA) is 64.7 Å². The van der Waals surface area contributed by atoms with Gasteiger partial charge in [-0.2, -0.15) is 0 Å². The van der Waals surface area contributed by atoms with Gasteiger partial charge >= 0.3 is 0 Å². The summed E-state index contributed by atoms with van der Waals surface area (Å²) in [5, 5.41) is 10.3. The molecule has 2 aliphatic rings. The predicted octanol–water partition coefficient (Wildman–Crippen LogP) is 3.46. The van der Waals surface area contributed by atoms with Crippen LogP contribution in [0.15, 0.2) is 12.2 Å². The summed E-state index contributed by atoms with van der Waals surface area (Å²) in [4.78, 5) is 0. The summed E-state index contributed by atoms with van der Waals surface area (Å²) in [5.41, 5.74) is 9.18. The van der Waals surface area contributed by atoms with Gasteiger partial charge < -0.3 is 20.3 Å². The minimum Gasteiger partial charge on any atom is -0.507 e. The molecule has 3 rings (SSSR count). The normalized spacial score (nSPS) is 31.8. The first-order chi connectivity index (χ1) is 11.1. The van der Waals surface area contributed by atoms with Crippen LogP contribution < -0.4 is 10.5 Å². The lowest BCUT2D eigenvalue weighted by atomic mass is 9.89. The monoisotopic (exact) mass is 331 g/mol. The summed E-state index contributed by atoms with van der Waals surface area (Å²) in [7, 11) is 0. The molecule has 24 heavy (non-hydrogen) atoms. The van der Waals surface area contributed by atoms with Gasteiger partial charge in [0, 0.05) is 18.0 Å². The number of hydrogen-bond donors (Lipinski definition) is 2. The highest BCUT2D eigenvalue weighted by molar-refractivity contribution is 5.59. The van der Waals surface area contributed by atoms with E-state index in [2.05, 4.69) is 19.9 Å². The van der Waals surface area contributed by atoms with E-state index in [1.807, 2.05) is 26.8 Å². The van der Waals surface area contributed by atoms with Gasteiger partial charge in [-0.15, -0.1) is 0 Å². The third kappa shape index (κ3) is 2.93. The largest absolute Gasteiger partial charge is 0.507 e. The fourth-order valence-electron chi connectivity index (χ4n) is 3.65. The van der Waals surface area contributed by atoms with Crippen LogP contribution >= 0.6 is 0 Å². The Balaban J connectivity index is 1.78. The maximum atomic E-state index is 10.3. The van der Waals surface area contributed by atoms with E-state index in [0.717, 1.165) is 47.3 Å². The van der Waals surface area contributed by atoms with Crippen LogP contribution in [-0.2, 0) is 11.2 Å². The van der Waals surface area contributed by atoms with Crippen molar-refractivity contribution in [3.63, 3.8) is 0 Å². The van der Waals surface area contributed by atoms with Gasteiger partial charge in [-0.3, -0.25) is 0 Å². The molecule has 0 aromatic heterocycles. The van der Waals surface area contributed by atoms with Gasteiger partial charge in [0.25, 0.3) is 0 Å². The van der Waals surface area contributed by atoms with E-state index in [1.54, 1.807) is 0 Å². The number of nitrogens with two attached hydrogens (primary N) is 1. The van der Waals surface area contributed by atoms with Crippen LogP contribution in [0.5, 0.6) is 11.5 Å². The van der Waals surface area contributed by atoms with E-state index in [1.165, 1.54) is 0 Å². The lowest BCUT2D eigenvalue weighted by molar-refractivity contribution is -0.0725. The van der Waals surface area contributed by atoms with E-state index >= 15 is 0 Å². The van der Waals surface area contributed by atoms with Crippen molar-refractivity contribution in [3.05, 3.63) is 34.4 Å². The second-order valence-corrected chi connectivity index (χ2v) is 7.92. The van der Waals surface area contributed by atoms with Crippen molar-refractivity contribution in [1.29, 1.82) is 0 Å². The highest BCUT2D eigenvalue weighted by Gasteiger charge is 2.40. The number of benzene rings is 1. The van der Waals surface area contributed by atoms with Gasteiger partial charge in [-0.1, -0.05) is 12.2 Å². The van der Waals surface area contributed by atoms with Crippen molar-refractivity contribution in [3.8, 4) is 11.5 Å². The van der Waals surface area contributed by atoms with Crippen LogP contribution in [0.2, 0.25) is 0 Å². The highest BCUT2D eigenvalue weighted by Crippen LogP contribution is 2.45. The van der Waals surface area contributed by atoms with Crippen molar-refractivity contribution in [1.82, 2.24) is 0 Å². The molecule has 4 nitrogen and oxygen atoms in total. The van der Waals surface area contributed by atoms with E-state index in [4.69, 9.17) is 15.2 Å². The van der Waals surface area contributed by atoms with E-state index in [0.29, 0.717) is 12.4 Å². The minimum absolute atomic E-state index is 0.139. The number of aromatic hydroxyl groups is 1. The zero-order valence-corrected chi connectivity index (χ0v) is 15.4. The van der Waals surface area contributed by atoms with Crippen LogP contribution in [0.3, 0.4) is 0 Å². The quantitative estimate of drug-likeness (QED) is 0.833. The molecule has 0 amide bonds. The SMILES string of the molecule is Cc1c(C)c2c(c(C)c1O)CC(C)(COC1(C)C=CC(N)CC1)O2. The van der Waals surface area contributed by atoms with E-state index in [9.17, 15) is 5.11 Å². The number of phenolic OH excluding ortho intramolecular Hbond substituents is 1. The standard InChI is InChI=1S/C20H29NO3/c1-12-13(2)18-16(14(3)17(12)22)10-20(5,24-18)11-23-19(4)8-6-15(21)7-9-19/h6,8,15,22H,7,9-11,21H2,1-5H3. The van der Waals surface area contributed by atoms with Crippen LogP contribution in [-0.4, -0.2) is 29.0 Å². The Morgan fingerprint density at radius 1 is 1.25 bits per heavy atom. The molecule has 3 N–H and O–H groups in total. The third-order valence-electron chi connectivity index (χ3n) is 5.62. The first kappa shape index (κ1) is 17.3. The molecule has 1 aliphatic carbocycles. The van der Waals surface area contributed by atoms with Crippen LogP contribution in [0.4, 0.5) is 0 Å². The van der Waals surface area contributed by atoms with Crippen molar-refractivity contribution in [2.45, 2.75) is 71.1 Å².